The number of methoxy groups -OCH3 is 1. The zero-order valence-corrected chi connectivity index (χ0v) is 13.7. The highest BCUT2D eigenvalue weighted by Gasteiger charge is 2.27. The smallest absolute Gasteiger partial charge is 0.258 e. The molecule has 1 fully saturated rings. The Morgan fingerprint density at radius 2 is 2.30 bits per heavy atom. The molecule has 2 aromatic rings. The summed E-state index contributed by atoms with van der Waals surface area (Å²) >= 11 is 0. The maximum atomic E-state index is 12.3. The van der Waals surface area contributed by atoms with Crippen LogP contribution in [0, 0.1) is 6.92 Å². The van der Waals surface area contributed by atoms with E-state index in [0.717, 1.165) is 36.3 Å². The van der Waals surface area contributed by atoms with Gasteiger partial charge in [0.2, 0.25) is 0 Å². The van der Waals surface area contributed by atoms with Crippen LogP contribution in [0.25, 0.3) is 5.65 Å². The first-order valence-electron chi connectivity index (χ1n) is 8.07. The number of aryl methyl sites for hydroxylation is 1. The monoisotopic (exact) mass is 316 g/mol. The molecule has 1 saturated heterocycles. The maximum Gasteiger partial charge on any atom is 0.258 e. The Hall–Kier alpha value is -1.76. The standard InChI is InChI=1S/C17H24N4O2/c1-12-4-3-6-21-16(22)8-13(19-17(12)21)11-20-7-5-15(23-2)9-14(20)10-18/h3-4,6,8,14-15H,5,7,9-11,18H2,1-2H3. The molecule has 2 aromatic heterocycles. The molecule has 0 aromatic carbocycles. The number of nitrogens with two attached hydrogens (primary N) is 1. The molecule has 6 nitrogen and oxygen atoms in total. The molecule has 124 valence electrons. The van der Waals surface area contributed by atoms with Crippen LogP contribution in [0.4, 0.5) is 0 Å². The van der Waals surface area contributed by atoms with Gasteiger partial charge in [-0.3, -0.25) is 14.1 Å². The fourth-order valence-corrected chi connectivity index (χ4v) is 3.33. The topological polar surface area (TPSA) is 72.9 Å². The molecule has 0 bridgehead atoms. The number of pyridine rings is 1. The second-order valence-electron chi connectivity index (χ2n) is 6.21. The highest BCUT2D eigenvalue weighted by Crippen LogP contribution is 2.21. The molecule has 2 N–H and O–H groups in total. The Balaban J connectivity index is 1.86. The molecule has 2 atom stereocenters. The minimum Gasteiger partial charge on any atom is -0.381 e. The van der Waals surface area contributed by atoms with Gasteiger partial charge < -0.3 is 10.5 Å². The van der Waals surface area contributed by atoms with Gasteiger partial charge >= 0.3 is 0 Å². The Labute approximate surface area is 135 Å². The third kappa shape index (κ3) is 3.29. The number of ether oxygens (including phenoxy) is 1. The van der Waals surface area contributed by atoms with Crippen molar-refractivity contribution < 1.29 is 4.74 Å². The van der Waals surface area contributed by atoms with Crippen LogP contribution in [0.3, 0.4) is 0 Å². The first-order valence-corrected chi connectivity index (χ1v) is 8.07. The van der Waals surface area contributed by atoms with Gasteiger partial charge in [0.1, 0.15) is 5.65 Å². The van der Waals surface area contributed by atoms with E-state index in [0.29, 0.717) is 13.1 Å². The fraction of sp³-hybridized carbons (Fsp3) is 0.529. The van der Waals surface area contributed by atoms with Gasteiger partial charge in [-0.1, -0.05) is 6.07 Å². The number of hydrogen-bond acceptors (Lipinski definition) is 5. The molecule has 23 heavy (non-hydrogen) atoms. The van der Waals surface area contributed by atoms with E-state index in [1.54, 1.807) is 23.8 Å². The summed E-state index contributed by atoms with van der Waals surface area (Å²) in [6.45, 7) is 4.12. The third-order valence-corrected chi connectivity index (χ3v) is 4.70. The number of likely N-dealkylation sites (tertiary alicyclic amines) is 1. The van der Waals surface area contributed by atoms with E-state index in [1.807, 2.05) is 19.1 Å². The van der Waals surface area contributed by atoms with Gasteiger partial charge in [0.25, 0.3) is 5.56 Å². The van der Waals surface area contributed by atoms with Crippen LogP contribution in [0.2, 0.25) is 0 Å². The zero-order valence-electron chi connectivity index (χ0n) is 13.7. The van der Waals surface area contributed by atoms with Crippen LogP contribution in [-0.2, 0) is 11.3 Å². The van der Waals surface area contributed by atoms with Crippen molar-refractivity contribution in [1.82, 2.24) is 14.3 Å². The summed E-state index contributed by atoms with van der Waals surface area (Å²) in [6.07, 6.45) is 3.95. The second kappa shape index (κ2) is 6.78. The van der Waals surface area contributed by atoms with Gasteiger partial charge in [-0.05, 0) is 31.4 Å². The minimum absolute atomic E-state index is 0.0372. The summed E-state index contributed by atoms with van der Waals surface area (Å²) in [5, 5.41) is 0. The van der Waals surface area contributed by atoms with Gasteiger partial charge in [0, 0.05) is 45.0 Å². The van der Waals surface area contributed by atoms with Crippen LogP contribution in [0.15, 0.2) is 29.2 Å². The van der Waals surface area contributed by atoms with Crippen molar-refractivity contribution in [3.8, 4) is 0 Å². The Morgan fingerprint density at radius 3 is 3.04 bits per heavy atom. The molecular weight excluding hydrogens is 292 g/mol. The van der Waals surface area contributed by atoms with Crippen molar-refractivity contribution in [2.24, 2.45) is 5.73 Å². The van der Waals surface area contributed by atoms with E-state index in [4.69, 9.17) is 10.5 Å². The number of hydrogen-bond donors (Lipinski definition) is 1. The predicted molar refractivity (Wildman–Crippen MR) is 89.5 cm³/mol. The number of aromatic nitrogens is 2. The lowest BCUT2D eigenvalue weighted by molar-refractivity contribution is 0.00978. The molecule has 6 heteroatoms. The van der Waals surface area contributed by atoms with Crippen LogP contribution in [-0.4, -0.2) is 46.6 Å². The number of nitrogens with zero attached hydrogens (tertiary/aromatic N) is 3. The van der Waals surface area contributed by atoms with Crippen molar-refractivity contribution in [1.29, 1.82) is 0 Å². The molecule has 0 spiro atoms. The summed E-state index contributed by atoms with van der Waals surface area (Å²) in [4.78, 5) is 19.3. The van der Waals surface area contributed by atoms with E-state index < -0.39 is 0 Å². The summed E-state index contributed by atoms with van der Waals surface area (Å²) in [5.41, 5.74) is 8.42. The highest BCUT2D eigenvalue weighted by molar-refractivity contribution is 5.46. The Morgan fingerprint density at radius 1 is 1.48 bits per heavy atom. The predicted octanol–water partition coefficient (Wildman–Crippen LogP) is 0.941. The lowest BCUT2D eigenvalue weighted by atomic mass is 9.99. The van der Waals surface area contributed by atoms with E-state index in [2.05, 4.69) is 9.88 Å². The van der Waals surface area contributed by atoms with E-state index in [1.165, 1.54) is 0 Å². The van der Waals surface area contributed by atoms with Gasteiger partial charge in [-0.25, -0.2) is 4.98 Å². The number of fused-ring (bicyclic) bond motifs is 1. The van der Waals surface area contributed by atoms with Crippen LogP contribution in [0.1, 0.15) is 24.1 Å². The Kier molecular flexibility index (Phi) is 4.75. The quantitative estimate of drug-likeness (QED) is 0.909. The highest BCUT2D eigenvalue weighted by atomic mass is 16.5. The average molecular weight is 316 g/mol. The molecule has 1 aliphatic rings. The van der Waals surface area contributed by atoms with Crippen molar-refractivity contribution in [3.05, 3.63) is 46.0 Å². The van der Waals surface area contributed by atoms with Gasteiger partial charge in [-0.15, -0.1) is 0 Å². The van der Waals surface area contributed by atoms with E-state index in [-0.39, 0.29) is 17.7 Å². The fourth-order valence-electron chi connectivity index (χ4n) is 3.33. The normalized spacial score (nSPS) is 22.6. The Bertz CT molecular complexity index is 743. The molecule has 0 aliphatic carbocycles. The number of rotatable bonds is 4. The lowest BCUT2D eigenvalue weighted by Crippen LogP contribution is -2.48. The minimum atomic E-state index is -0.0372. The summed E-state index contributed by atoms with van der Waals surface area (Å²) in [6, 6.07) is 5.73. The van der Waals surface area contributed by atoms with Gasteiger partial charge in [-0.2, -0.15) is 0 Å². The first-order chi connectivity index (χ1) is 11.1. The van der Waals surface area contributed by atoms with Crippen molar-refractivity contribution >= 4 is 5.65 Å². The van der Waals surface area contributed by atoms with Gasteiger partial charge in [0.15, 0.2) is 0 Å². The molecule has 2 unspecified atom stereocenters. The molecule has 3 heterocycles. The summed E-state index contributed by atoms with van der Waals surface area (Å²) in [7, 11) is 1.75. The molecule has 0 radical (unpaired) electrons. The van der Waals surface area contributed by atoms with Crippen LogP contribution >= 0.6 is 0 Å². The van der Waals surface area contributed by atoms with Crippen molar-refractivity contribution in [2.45, 2.75) is 38.5 Å². The maximum absolute atomic E-state index is 12.3. The largest absolute Gasteiger partial charge is 0.381 e. The summed E-state index contributed by atoms with van der Waals surface area (Å²) < 4.78 is 7.06. The molecular formula is C17H24N4O2. The van der Waals surface area contributed by atoms with Crippen LogP contribution in [0.5, 0.6) is 0 Å². The van der Waals surface area contributed by atoms with Crippen molar-refractivity contribution in [3.63, 3.8) is 0 Å². The van der Waals surface area contributed by atoms with Gasteiger partial charge in [0.05, 0.1) is 11.8 Å². The van der Waals surface area contributed by atoms with Crippen LogP contribution < -0.4 is 11.3 Å². The average Bonchev–Trinajstić information content (AvgIpc) is 2.56. The molecule has 1 aliphatic heterocycles. The van der Waals surface area contributed by atoms with E-state index >= 15 is 0 Å². The SMILES string of the molecule is COC1CCN(Cc2cc(=O)n3cccc(C)c3n2)C(CN)C1. The third-order valence-electron chi connectivity index (χ3n) is 4.70. The summed E-state index contributed by atoms with van der Waals surface area (Å²) in [5.74, 6) is 0. The van der Waals surface area contributed by atoms with Crippen molar-refractivity contribution in [2.75, 3.05) is 20.2 Å². The molecule has 3 rings (SSSR count). The first kappa shape index (κ1) is 16.1. The van der Waals surface area contributed by atoms with E-state index in [9.17, 15) is 4.79 Å². The molecule has 0 saturated carbocycles. The zero-order chi connectivity index (χ0) is 16.4. The molecule has 0 amide bonds. The lowest BCUT2D eigenvalue weighted by Gasteiger charge is -2.38. The second-order valence-corrected chi connectivity index (χ2v) is 6.21. The number of piperidine rings is 1.